The summed E-state index contributed by atoms with van der Waals surface area (Å²) < 4.78 is 25.9. The van der Waals surface area contributed by atoms with Gasteiger partial charge in [-0.1, -0.05) is 23.2 Å². The van der Waals surface area contributed by atoms with E-state index in [4.69, 9.17) is 27.8 Å². The largest absolute Gasteiger partial charge is 0.381 e. The predicted molar refractivity (Wildman–Crippen MR) is 170 cm³/mol. The Bertz CT molecular complexity index is 1470. The lowest BCUT2D eigenvalue weighted by atomic mass is 10.1. The summed E-state index contributed by atoms with van der Waals surface area (Å²) in [5.41, 5.74) is 4.04. The SMILES string of the molecule is CC(CN1CCN(CC(C)Nc2ccnc3cc(Cl)ccc23)CC1)Nc1ccnc2cc(Cl)ccc12.CS(=O)(=O)O. The van der Waals surface area contributed by atoms with Crippen molar-refractivity contribution in [3.05, 3.63) is 71.0 Å². The third-order valence-electron chi connectivity index (χ3n) is 6.74. The molecule has 0 bridgehead atoms. The Morgan fingerprint density at radius 3 is 1.51 bits per heavy atom. The molecule has 0 aliphatic carbocycles. The van der Waals surface area contributed by atoms with Crippen molar-refractivity contribution in [3.63, 3.8) is 0 Å². The van der Waals surface area contributed by atoms with Crippen molar-refractivity contribution in [1.29, 1.82) is 0 Å². The van der Waals surface area contributed by atoms with E-state index in [-0.39, 0.29) is 0 Å². The predicted octanol–water partition coefficient (Wildman–Crippen LogP) is 5.51. The minimum Gasteiger partial charge on any atom is -0.381 e. The number of halogens is 2. The molecular weight excluding hydrogens is 583 g/mol. The highest BCUT2D eigenvalue weighted by Crippen LogP contribution is 2.26. The first kappa shape index (κ1) is 31.2. The Morgan fingerprint density at radius 2 is 1.15 bits per heavy atom. The number of fused-ring (bicyclic) bond motifs is 2. The molecule has 3 heterocycles. The summed E-state index contributed by atoms with van der Waals surface area (Å²) >= 11 is 12.3. The summed E-state index contributed by atoms with van der Waals surface area (Å²) in [7, 11) is -3.67. The highest BCUT2D eigenvalue weighted by Gasteiger charge is 2.20. The monoisotopic (exact) mass is 618 g/mol. The minimum absolute atomic E-state index is 0.326. The van der Waals surface area contributed by atoms with Crippen LogP contribution in [0.4, 0.5) is 11.4 Å². The Balaban J connectivity index is 0.000000714. The molecule has 2 atom stereocenters. The Kier molecular flexibility index (Phi) is 10.6. The number of hydrogen-bond acceptors (Lipinski definition) is 8. The van der Waals surface area contributed by atoms with Gasteiger partial charge in [0.1, 0.15) is 0 Å². The molecule has 0 saturated carbocycles. The Morgan fingerprint density at radius 1 is 0.780 bits per heavy atom. The van der Waals surface area contributed by atoms with Crippen molar-refractivity contribution in [2.45, 2.75) is 25.9 Å². The van der Waals surface area contributed by atoms with Gasteiger partial charge in [-0.05, 0) is 62.4 Å². The van der Waals surface area contributed by atoms with Gasteiger partial charge in [-0.25, -0.2) is 0 Å². The van der Waals surface area contributed by atoms with Crippen LogP contribution in [0.15, 0.2) is 60.9 Å². The number of rotatable bonds is 8. The molecule has 1 aliphatic heterocycles. The van der Waals surface area contributed by atoms with Gasteiger partial charge in [0.05, 0.1) is 17.3 Å². The van der Waals surface area contributed by atoms with Crippen LogP contribution in [0.25, 0.3) is 21.8 Å². The van der Waals surface area contributed by atoms with Crippen LogP contribution < -0.4 is 10.6 Å². The zero-order chi connectivity index (χ0) is 29.6. The molecule has 0 spiro atoms. The summed E-state index contributed by atoms with van der Waals surface area (Å²) in [6.07, 6.45) is 4.39. The smallest absolute Gasteiger partial charge is 0.261 e. The van der Waals surface area contributed by atoms with Gasteiger partial charge in [0.15, 0.2) is 0 Å². The van der Waals surface area contributed by atoms with Crippen molar-refractivity contribution in [2.75, 3.05) is 56.2 Å². The fraction of sp³-hybridized carbons (Fsp3) is 0.379. The summed E-state index contributed by atoms with van der Waals surface area (Å²) in [5.74, 6) is 0. The molecule has 1 fully saturated rings. The van der Waals surface area contributed by atoms with E-state index < -0.39 is 10.1 Å². The molecule has 2 unspecified atom stereocenters. The summed E-state index contributed by atoms with van der Waals surface area (Å²) in [4.78, 5) is 14.0. The van der Waals surface area contributed by atoms with Gasteiger partial charge in [0.25, 0.3) is 10.1 Å². The van der Waals surface area contributed by atoms with Gasteiger partial charge < -0.3 is 10.6 Å². The molecule has 2 aromatic carbocycles. The van der Waals surface area contributed by atoms with Gasteiger partial charge in [0.2, 0.25) is 0 Å². The average Bonchev–Trinajstić information content (AvgIpc) is 2.89. The van der Waals surface area contributed by atoms with Crippen LogP contribution in [0.1, 0.15) is 13.8 Å². The second kappa shape index (κ2) is 14.0. The number of piperazine rings is 1. The zero-order valence-corrected chi connectivity index (χ0v) is 25.7. The molecule has 12 heteroatoms. The van der Waals surface area contributed by atoms with Crippen LogP contribution >= 0.6 is 23.2 Å². The third kappa shape index (κ3) is 9.66. The second-order valence-corrected chi connectivity index (χ2v) is 12.8. The van der Waals surface area contributed by atoms with E-state index in [0.29, 0.717) is 28.4 Å². The van der Waals surface area contributed by atoms with E-state index in [0.717, 1.165) is 72.4 Å². The summed E-state index contributed by atoms with van der Waals surface area (Å²) in [5, 5.41) is 11.0. The van der Waals surface area contributed by atoms with Crippen molar-refractivity contribution < 1.29 is 13.0 Å². The molecule has 41 heavy (non-hydrogen) atoms. The molecule has 3 N–H and O–H groups in total. The Hall–Kier alpha value is -2.73. The second-order valence-electron chi connectivity index (χ2n) is 10.5. The fourth-order valence-electron chi connectivity index (χ4n) is 5.05. The normalized spacial score (nSPS) is 16.1. The van der Waals surface area contributed by atoms with E-state index in [1.165, 1.54) is 0 Å². The van der Waals surface area contributed by atoms with Gasteiger partial charge in [0, 0.05) is 95.9 Å². The van der Waals surface area contributed by atoms with Crippen LogP contribution in [-0.4, -0.2) is 90.3 Å². The van der Waals surface area contributed by atoms with Gasteiger partial charge >= 0.3 is 0 Å². The lowest BCUT2D eigenvalue weighted by molar-refractivity contribution is 0.128. The van der Waals surface area contributed by atoms with E-state index in [1.807, 2.05) is 60.9 Å². The van der Waals surface area contributed by atoms with Crippen LogP contribution in [0, 0.1) is 0 Å². The molecular formula is C29H36Cl2N6O3S. The van der Waals surface area contributed by atoms with Crippen LogP contribution in [0.3, 0.4) is 0 Å². The van der Waals surface area contributed by atoms with E-state index >= 15 is 0 Å². The standard InChI is InChI=1S/C28H32Cl2N6.CH4O3S/c1-19(33-25-7-9-31-27-15-21(29)3-5-23(25)27)17-35-11-13-36(14-12-35)18-20(2)34-26-8-10-32-28-16-22(30)4-6-24(26)28;1-5(2,3)4/h3-10,15-16,19-20H,11-14,17-18H2,1-2H3,(H,31,33)(H,32,34);1H3,(H,2,3,4). The van der Waals surface area contributed by atoms with Crippen molar-refractivity contribution in [3.8, 4) is 0 Å². The molecule has 0 amide bonds. The zero-order valence-electron chi connectivity index (χ0n) is 23.4. The molecule has 4 aromatic rings. The molecule has 1 aliphatic rings. The van der Waals surface area contributed by atoms with Gasteiger partial charge in [-0.2, -0.15) is 8.42 Å². The highest BCUT2D eigenvalue weighted by molar-refractivity contribution is 7.85. The van der Waals surface area contributed by atoms with E-state index in [1.54, 1.807) is 0 Å². The molecule has 0 radical (unpaired) electrons. The maximum absolute atomic E-state index is 9.19. The summed E-state index contributed by atoms with van der Waals surface area (Å²) in [6, 6.07) is 16.5. The maximum Gasteiger partial charge on any atom is 0.261 e. The van der Waals surface area contributed by atoms with E-state index in [2.05, 4.69) is 44.2 Å². The lowest BCUT2D eigenvalue weighted by Crippen LogP contribution is -2.51. The Labute approximate surface area is 251 Å². The molecule has 1 saturated heterocycles. The summed E-state index contributed by atoms with van der Waals surface area (Å²) in [6.45, 7) is 10.8. The number of nitrogens with one attached hydrogen (secondary N) is 2. The number of aromatic nitrogens is 2. The number of nitrogens with zero attached hydrogens (tertiary/aromatic N) is 4. The topological polar surface area (TPSA) is 111 Å². The van der Waals surface area contributed by atoms with Crippen LogP contribution in [0.2, 0.25) is 10.0 Å². The van der Waals surface area contributed by atoms with Crippen LogP contribution in [-0.2, 0) is 10.1 Å². The van der Waals surface area contributed by atoms with Crippen LogP contribution in [0.5, 0.6) is 0 Å². The molecule has 9 nitrogen and oxygen atoms in total. The number of anilines is 2. The average molecular weight is 620 g/mol. The first-order chi connectivity index (χ1) is 19.4. The number of benzene rings is 2. The van der Waals surface area contributed by atoms with Gasteiger partial charge in [-0.3, -0.25) is 24.3 Å². The third-order valence-corrected chi connectivity index (χ3v) is 7.21. The maximum atomic E-state index is 9.19. The minimum atomic E-state index is -3.67. The van der Waals surface area contributed by atoms with Crippen molar-refractivity contribution >= 4 is 66.5 Å². The molecule has 220 valence electrons. The fourth-order valence-corrected chi connectivity index (χ4v) is 5.38. The lowest BCUT2D eigenvalue weighted by Gasteiger charge is -2.37. The highest BCUT2D eigenvalue weighted by atomic mass is 35.5. The van der Waals surface area contributed by atoms with E-state index in [9.17, 15) is 8.42 Å². The van der Waals surface area contributed by atoms with Crippen molar-refractivity contribution in [2.24, 2.45) is 0 Å². The first-order valence-corrected chi connectivity index (χ1v) is 16.0. The van der Waals surface area contributed by atoms with Crippen molar-refractivity contribution in [1.82, 2.24) is 19.8 Å². The van der Waals surface area contributed by atoms with Gasteiger partial charge in [-0.15, -0.1) is 0 Å². The molecule has 5 rings (SSSR count). The quantitative estimate of drug-likeness (QED) is 0.220. The number of pyridine rings is 2. The molecule has 2 aromatic heterocycles. The first-order valence-electron chi connectivity index (χ1n) is 13.4. The number of hydrogen-bond donors (Lipinski definition) is 3.